The van der Waals surface area contributed by atoms with Crippen LogP contribution < -0.4 is 20.7 Å². The molecular weight excluding hydrogens is 305 g/mol. The highest BCUT2D eigenvalue weighted by Gasteiger charge is 2.27. The van der Waals surface area contributed by atoms with Gasteiger partial charge in [0.1, 0.15) is 24.3 Å². The summed E-state index contributed by atoms with van der Waals surface area (Å²) in [5, 5.41) is 2.45. The zero-order valence-electron chi connectivity index (χ0n) is 12.9. The number of hydrogen-bond donors (Lipinski definition) is 2. The van der Waals surface area contributed by atoms with E-state index in [0.29, 0.717) is 24.5 Å². The van der Waals surface area contributed by atoms with Gasteiger partial charge in [0.2, 0.25) is 5.91 Å². The number of nitrogens with zero attached hydrogens (tertiary/aromatic N) is 1. The van der Waals surface area contributed by atoms with Gasteiger partial charge in [-0.3, -0.25) is 4.79 Å². The van der Waals surface area contributed by atoms with E-state index in [9.17, 15) is 14.0 Å². The van der Waals surface area contributed by atoms with Crippen LogP contribution in [0.4, 0.5) is 14.9 Å². The van der Waals surface area contributed by atoms with Gasteiger partial charge in [-0.15, -0.1) is 0 Å². The first kappa shape index (κ1) is 17.0. The largest absolute Gasteiger partial charge is 0.488 e. The number of nitrogens with two attached hydrogens (primary N) is 1. The number of carbonyl (C=O) groups excluding carboxylic acids is 2. The van der Waals surface area contributed by atoms with Gasteiger partial charge in [-0.2, -0.15) is 0 Å². The fourth-order valence-electron chi connectivity index (χ4n) is 2.25. The molecule has 0 spiro atoms. The molecule has 1 aromatic carbocycles. The van der Waals surface area contributed by atoms with Crippen LogP contribution in [0.15, 0.2) is 18.2 Å². The average Bonchev–Trinajstić information content (AvgIpc) is 2.61. The number of nitrogens with one attached hydrogen (secondary N) is 1. The van der Waals surface area contributed by atoms with Gasteiger partial charge in [0.05, 0.1) is 18.7 Å². The van der Waals surface area contributed by atoms with Gasteiger partial charge < -0.3 is 25.4 Å². The number of benzene rings is 1. The summed E-state index contributed by atoms with van der Waals surface area (Å²) in [6, 6.07) is 4.00. The fraction of sp³-hybridized carbons (Fsp3) is 0.467. The molecule has 126 valence electrons. The third-order valence-electron chi connectivity index (χ3n) is 3.26. The van der Waals surface area contributed by atoms with Gasteiger partial charge >= 0.3 is 6.09 Å². The second kappa shape index (κ2) is 7.77. The van der Waals surface area contributed by atoms with Gasteiger partial charge in [0.25, 0.3) is 0 Å². The standard InChI is InChI=1S/C15H20FN3O4/c1-10-8-14(20)19(6-7-22-15(21)18-5-4-17)12-9-11(16)2-3-13(12)23-10/h2-3,9-10H,4-8,17H2,1H3,(H,18,21)/t10-/m1/s1. The summed E-state index contributed by atoms with van der Waals surface area (Å²) in [5.74, 6) is -0.258. The van der Waals surface area contributed by atoms with Gasteiger partial charge in [0, 0.05) is 19.2 Å². The number of rotatable bonds is 5. The van der Waals surface area contributed by atoms with E-state index in [1.54, 1.807) is 6.92 Å². The Bertz CT molecular complexity index is 582. The van der Waals surface area contributed by atoms with Crippen LogP contribution in [-0.4, -0.2) is 44.3 Å². The van der Waals surface area contributed by atoms with Crippen molar-refractivity contribution in [3.8, 4) is 5.75 Å². The number of anilines is 1. The number of hydrogen-bond acceptors (Lipinski definition) is 5. The summed E-state index contributed by atoms with van der Waals surface area (Å²) < 4.78 is 24.1. The van der Waals surface area contributed by atoms with Crippen LogP contribution >= 0.6 is 0 Å². The Morgan fingerprint density at radius 1 is 1.57 bits per heavy atom. The molecule has 0 unspecified atom stereocenters. The molecule has 2 rings (SSSR count). The molecule has 0 bridgehead atoms. The van der Waals surface area contributed by atoms with E-state index in [-0.39, 0.29) is 31.6 Å². The van der Waals surface area contributed by atoms with Gasteiger partial charge in [0.15, 0.2) is 0 Å². The lowest BCUT2D eigenvalue weighted by molar-refractivity contribution is -0.119. The minimum absolute atomic E-state index is 0.0214. The molecular formula is C15H20FN3O4. The summed E-state index contributed by atoms with van der Waals surface area (Å²) in [6.45, 7) is 2.47. The first-order valence-corrected chi connectivity index (χ1v) is 7.38. The summed E-state index contributed by atoms with van der Waals surface area (Å²) in [5.41, 5.74) is 5.60. The van der Waals surface area contributed by atoms with E-state index in [0.717, 1.165) is 0 Å². The van der Waals surface area contributed by atoms with Crippen LogP contribution in [0.5, 0.6) is 5.75 Å². The maximum Gasteiger partial charge on any atom is 0.407 e. The normalized spacial score (nSPS) is 17.1. The number of fused-ring (bicyclic) bond motifs is 1. The molecule has 2 amide bonds. The molecule has 0 saturated carbocycles. The predicted molar refractivity (Wildman–Crippen MR) is 81.9 cm³/mol. The molecule has 0 saturated heterocycles. The van der Waals surface area contributed by atoms with Crippen molar-refractivity contribution in [3.63, 3.8) is 0 Å². The number of amides is 2. The Morgan fingerprint density at radius 2 is 2.35 bits per heavy atom. The van der Waals surface area contributed by atoms with E-state index in [4.69, 9.17) is 15.2 Å². The minimum Gasteiger partial charge on any atom is -0.488 e. The Hall–Kier alpha value is -2.35. The molecule has 3 N–H and O–H groups in total. The molecule has 7 nitrogen and oxygen atoms in total. The van der Waals surface area contributed by atoms with Crippen LogP contribution in [0.3, 0.4) is 0 Å². The van der Waals surface area contributed by atoms with Gasteiger partial charge in [-0.1, -0.05) is 0 Å². The quantitative estimate of drug-likeness (QED) is 0.843. The lowest BCUT2D eigenvalue weighted by Crippen LogP contribution is -2.36. The second-order valence-corrected chi connectivity index (χ2v) is 5.14. The van der Waals surface area contributed by atoms with E-state index in [1.165, 1.54) is 23.1 Å². The maximum absolute atomic E-state index is 13.5. The fourth-order valence-corrected chi connectivity index (χ4v) is 2.25. The summed E-state index contributed by atoms with van der Waals surface area (Å²) in [7, 11) is 0. The molecule has 1 aliphatic rings. The van der Waals surface area contributed by atoms with E-state index >= 15 is 0 Å². The third-order valence-corrected chi connectivity index (χ3v) is 3.26. The molecule has 0 fully saturated rings. The molecule has 23 heavy (non-hydrogen) atoms. The number of ether oxygens (including phenoxy) is 2. The second-order valence-electron chi connectivity index (χ2n) is 5.14. The van der Waals surface area contributed by atoms with Crippen molar-refractivity contribution in [1.82, 2.24) is 5.32 Å². The zero-order valence-corrected chi connectivity index (χ0v) is 12.9. The molecule has 1 aromatic rings. The Kier molecular flexibility index (Phi) is 5.75. The van der Waals surface area contributed by atoms with Crippen LogP contribution in [0.1, 0.15) is 13.3 Å². The monoisotopic (exact) mass is 325 g/mol. The number of carbonyl (C=O) groups is 2. The van der Waals surface area contributed by atoms with Crippen molar-refractivity contribution in [2.75, 3.05) is 31.1 Å². The Labute approximate surface area is 133 Å². The van der Waals surface area contributed by atoms with Crippen LogP contribution in [0.25, 0.3) is 0 Å². The minimum atomic E-state index is -0.609. The number of halogens is 1. The molecule has 1 aliphatic heterocycles. The average molecular weight is 325 g/mol. The smallest absolute Gasteiger partial charge is 0.407 e. The first-order chi connectivity index (χ1) is 11.0. The SMILES string of the molecule is C[C@@H]1CC(=O)N(CCOC(=O)NCCN)c2cc(F)ccc2O1. The molecule has 0 aliphatic carbocycles. The van der Waals surface area contributed by atoms with E-state index in [1.807, 2.05) is 0 Å². The third kappa shape index (κ3) is 4.56. The molecule has 0 aromatic heterocycles. The van der Waals surface area contributed by atoms with Gasteiger partial charge in [-0.05, 0) is 19.1 Å². The molecule has 1 atom stereocenters. The highest BCUT2D eigenvalue weighted by Crippen LogP contribution is 2.33. The van der Waals surface area contributed by atoms with Crippen molar-refractivity contribution < 1.29 is 23.5 Å². The molecule has 0 radical (unpaired) electrons. The topological polar surface area (TPSA) is 93.9 Å². The first-order valence-electron chi connectivity index (χ1n) is 7.38. The van der Waals surface area contributed by atoms with E-state index < -0.39 is 11.9 Å². The van der Waals surface area contributed by atoms with Crippen molar-refractivity contribution in [2.45, 2.75) is 19.4 Å². The van der Waals surface area contributed by atoms with Gasteiger partial charge in [-0.25, -0.2) is 9.18 Å². The van der Waals surface area contributed by atoms with Crippen LogP contribution in [0.2, 0.25) is 0 Å². The zero-order chi connectivity index (χ0) is 16.8. The Balaban J connectivity index is 2.06. The highest BCUT2D eigenvalue weighted by atomic mass is 19.1. The predicted octanol–water partition coefficient (Wildman–Crippen LogP) is 1.01. The van der Waals surface area contributed by atoms with Crippen molar-refractivity contribution >= 4 is 17.7 Å². The van der Waals surface area contributed by atoms with E-state index in [2.05, 4.69) is 5.32 Å². The molecule has 1 heterocycles. The summed E-state index contributed by atoms with van der Waals surface area (Å²) >= 11 is 0. The maximum atomic E-state index is 13.5. The summed E-state index contributed by atoms with van der Waals surface area (Å²) in [6.07, 6.45) is -0.761. The van der Waals surface area contributed by atoms with Crippen molar-refractivity contribution in [1.29, 1.82) is 0 Å². The lowest BCUT2D eigenvalue weighted by Gasteiger charge is -2.21. The molecule has 8 heteroatoms. The lowest BCUT2D eigenvalue weighted by atomic mass is 10.2. The highest BCUT2D eigenvalue weighted by molar-refractivity contribution is 5.95. The van der Waals surface area contributed by atoms with Crippen molar-refractivity contribution in [2.24, 2.45) is 5.73 Å². The Morgan fingerprint density at radius 3 is 3.09 bits per heavy atom. The van der Waals surface area contributed by atoms with Crippen LogP contribution in [0, 0.1) is 5.82 Å². The number of alkyl carbamates (subject to hydrolysis) is 1. The van der Waals surface area contributed by atoms with Crippen LogP contribution in [-0.2, 0) is 9.53 Å². The van der Waals surface area contributed by atoms with Crippen molar-refractivity contribution in [3.05, 3.63) is 24.0 Å². The summed E-state index contributed by atoms with van der Waals surface area (Å²) in [4.78, 5) is 25.0.